The Morgan fingerprint density at radius 2 is 2.38 bits per heavy atom. The molecule has 2 unspecified atom stereocenters. The zero-order valence-corrected chi connectivity index (χ0v) is 14.2. The van der Waals surface area contributed by atoms with E-state index in [4.69, 9.17) is 5.73 Å². The maximum Gasteiger partial charge on any atom is 0.261 e. The van der Waals surface area contributed by atoms with Gasteiger partial charge in [0.15, 0.2) is 0 Å². The third kappa shape index (κ3) is 3.01. The summed E-state index contributed by atoms with van der Waals surface area (Å²) in [5, 5.41) is 3.30. The number of amides is 1. The largest absolute Gasteiger partial charge is 0.344 e. The summed E-state index contributed by atoms with van der Waals surface area (Å²) in [6.45, 7) is 2.77. The van der Waals surface area contributed by atoms with Gasteiger partial charge in [-0.05, 0) is 42.6 Å². The first-order chi connectivity index (χ1) is 10.1. The molecule has 116 valence electrons. The van der Waals surface area contributed by atoms with Gasteiger partial charge in [0.1, 0.15) is 0 Å². The van der Waals surface area contributed by atoms with Crippen molar-refractivity contribution in [1.82, 2.24) is 5.32 Å². The van der Waals surface area contributed by atoms with Crippen molar-refractivity contribution in [1.29, 1.82) is 0 Å². The SMILES string of the molecule is CC1CCCCC1(CN)NC(=O)c1cc2c(s1)CCSC2. The van der Waals surface area contributed by atoms with Crippen LogP contribution in [0, 0.1) is 5.92 Å². The molecule has 21 heavy (non-hydrogen) atoms. The van der Waals surface area contributed by atoms with Crippen LogP contribution in [0.2, 0.25) is 0 Å². The molecule has 1 saturated carbocycles. The number of rotatable bonds is 3. The van der Waals surface area contributed by atoms with Gasteiger partial charge in [-0.15, -0.1) is 11.3 Å². The van der Waals surface area contributed by atoms with Crippen LogP contribution in [-0.4, -0.2) is 23.7 Å². The third-order valence-electron chi connectivity index (χ3n) is 5.03. The normalized spacial score (nSPS) is 29.0. The van der Waals surface area contributed by atoms with E-state index in [-0.39, 0.29) is 11.4 Å². The van der Waals surface area contributed by atoms with Crippen LogP contribution in [0.4, 0.5) is 0 Å². The van der Waals surface area contributed by atoms with Crippen molar-refractivity contribution >= 4 is 29.0 Å². The molecule has 3 N–H and O–H groups in total. The Balaban J connectivity index is 1.77. The quantitative estimate of drug-likeness (QED) is 0.898. The molecule has 2 aliphatic rings. The number of thioether (sulfide) groups is 1. The molecule has 3 rings (SSSR count). The number of fused-ring (bicyclic) bond motifs is 1. The standard InChI is InChI=1S/C16H24N2OS2/c1-11-4-2-3-6-16(11,10-17)18-15(19)14-8-12-9-20-7-5-13(12)21-14/h8,11H,2-7,9-10,17H2,1H3,(H,18,19). The van der Waals surface area contributed by atoms with Crippen LogP contribution < -0.4 is 11.1 Å². The second kappa shape index (κ2) is 6.31. The van der Waals surface area contributed by atoms with Gasteiger partial charge in [-0.25, -0.2) is 0 Å². The molecule has 1 fully saturated rings. The molecule has 0 spiro atoms. The van der Waals surface area contributed by atoms with Crippen LogP contribution in [-0.2, 0) is 12.2 Å². The molecule has 5 heteroatoms. The summed E-state index contributed by atoms with van der Waals surface area (Å²) in [5.74, 6) is 2.78. The lowest BCUT2D eigenvalue weighted by atomic mass is 9.73. The van der Waals surface area contributed by atoms with Gasteiger partial charge < -0.3 is 11.1 Å². The molecule has 3 nitrogen and oxygen atoms in total. The van der Waals surface area contributed by atoms with Crippen molar-refractivity contribution in [3.05, 3.63) is 21.4 Å². The van der Waals surface area contributed by atoms with E-state index in [1.165, 1.54) is 29.0 Å². The maximum absolute atomic E-state index is 12.7. The molecule has 1 aliphatic heterocycles. The Hall–Kier alpha value is -0.520. The van der Waals surface area contributed by atoms with Crippen LogP contribution in [0.5, 0.6) is 0 Å². The van der Waals surface area contributed by atoms with Crippen molar-refractivity contribution in [2.75, 3.05) is 12.3 Å². The zero-order valence-electron chi connectivity index (χ0n) is 12.6. The average Bonchev–Trinajstić information content (AvgIpc) is 2.94. The van der Waals surface area contributed by atoms with Gasteiger partial charge in [0.2, 0.25) is 0 Å². The summed E-state index contributed by atoms with van der Waals surface area (Å²) >= 11 is 3.63. The summed E-state index contributed by atoms with van der Waals surface area (Å²) in [6, 6.07) is 2.10. The molecule has 2 atom stereocenters. The van der Waals surface area contributed by atoms with E-state index >= 15 is 0 Å². The summed E-state index contributed by atoms with van der Waals surface area (Å²) in [5.41, 5.74) is 7.20. The van der Waals surface area contributed by atoms with Crippen molar-refractivity contribution < 1.29 is 4.79 Å². The minimum atomic E-state index is -0.200. The number of nitrogens with one attached hydrogen (secondary N) is 1. The van der Waals surface area contributed by atoms with Gasteiger partial charge in [0, 0.05) is 17.2 Å². The number of nitrogens with two attached hydrogens (primary N) is 1. The molecule has 0 aromatic carbocycles. The highest BCUT2D eigenvalue weighted by Gasteiger charge is 2.38. The molecule has 0 saturated heterocycles. The first-order valence-corrected chi connectivity index (χ1v) is 9.84. The molecule has 0 radical (unpaired) electrons. The number of thiophene rings is 1. The predicted octanol–water partition coefficient (Wildman–Crippen LogP) is 3.17. The lowest BCUT2D eigenvalue weighted by molar-refractivity contribution is 0.0817. The van der Waals surface area contributed by atoms with E-state index in [1.54, 1.807) is 11.3 Å². The van der Waals surface area contributed by atoms with Gasteiger partial charge in [0.25, 0.3) is 5.91 Å². The molecule has 1 amide bonds. The Bertz CT molecular complexity index is 505. The molecule has 0 bridgehead atoms. The van der Waals surface area contributed by atoms with E-state index in [0.717, 1.165) is 29.9 Å². The van der Waals surface area contributed by atoms with Crippen molar-refractivity contribution in [3.8, 4) is 0 Å². The molecule has 2 heterocycles. The molecular weight excluding hydrogens is 300 g/mol. The Morgan fingerprint density at radius 1 is 1.52 bits per heavy atom. The highest BCUT2D eigenvalue weighted by atomic mass is 32.2. The Kier molecular flexibility index (Phi) is 4.62. The second-order valence-electron chi connectivity index (χ2n) is 6.32. The monoisotopic (exact) mass is 324 g/mol. The number of aryl methyl sites for hydroxylation is 1. The minimum Gasteiger partial charge on any atom is -0.344 e. The predicted molar refractivity (Wildman–Crippen MR) is 91.1 cm³/mol. The van der Waals surface area contributed by atoms with Gasteiger partial charge in [-0.1, -0.05) is 19.8 Å². The van der Waals surface area contributed by atoms with Crippen molar-refractivity contribution in [3.63, 3.8) is 0 Å². The number of hydrogen-bond donors (Lipinski definition) is 2. The summed E-state index contributed by atoms with van der Waals surface area (Å²) in [7, 11) is 0. The van der Waals surface area contributed by atoms with E-state index in [0.29, 0.717) is 12.5 Å². The fraction of sp³-hybridized carbons (Fsp3) is 0.688. The van der Waals surface area contributed by atoms with Gasteiger partial charge >= 0.3 is 0 Å². The van der Waals surface area contributed by atoms with Crippen LogP contribution in [0.15, 0.2) is 6.07 Å². The van der Waals surface area contributed by atoms with E-state index in [9.17, 15) is 4.79 Å². The number of hydrogen-bond acceptors (Lipinski definition) is 4. The van der Waals surface area contributed by atoms with Crippen LogP contribution in [0.25, 0.3) is 0 Å². The van der Waals surface area contributed by atoms with Gasteiger partial charge in [-0.2, -0.15) is 11.8 Å². The maximum atomic E-state index is 12.7. The second-order valence-corrected chi connectivity index (χ2v) is 8.56. The number of carbonyl (C=O) groups is 1. The minimum absolute atomic E-state index is 0.0820. The van der Waals surface area contributed by atoms with Crippen molar-refractivity contribution in [2.45, 2.75) is 50.3 Å². The molecule has 1 aromatic heterocycles. The first-order valence-electron chi connectivity index (χ1n) is 7.86. The number of carbonyl (C=O) groups excluding carboxylic acids is 1. The van der Waals surface area contributed by atoms with Crippen LogP contribution in [0.3, 0.4) is 0 Å². The average molecular weight is 325 g/mol. The van der Waals surface area contributed by atoms with Gasteiger partial charge in [-0.3, -0.25) is 4.79 Å². The highest BCUT2D eigenvalue weighted by Crippen LogP contribution is 2.35. The van der Waals surface area contributed by atoms with Crippen molar-refractivity contribution in [2.24, 2.45) is 11.7 Å². The Morgan fingerprint density at radius 3 is 3.10 bits per heavy atom. The summed E-state index contributed by atoms with van der Waals surface area (Å²) in [6.07, 6.45) is 5.70. The molecular formula is C16H24N2OS2. The van der Waals surface area contributed by atoms with E-state index < -0.39 is 0 Å². The highest BCUT2D eigenvalue weighted by molar-refractivity contribution is 7.98. The Labute approximate surface area is 135 Å². The first kappa shape index (κ1) is 15.4. The van der Waals surface area contributed by atoms with Gasteiger partial charge in [0.05, 0.1) is 10.4 Å². The summed E-state index contributed by atoms with van der Waals surface area (Å²) < 4.78 is 0. The summed E-state index contributed by atoms with van der Waals surface area (Å²) in [4.78, 5) is 14.9. The fourth-order valence-corrected chi connectivity index (χ4v) is 5.77. The third-order valence-corrected chi connectivity index (χ3v) is 7.28. The van der Waals surface area contributed by atoms with E-state index in [1.807, 2.05) is 11.8 Å². The van der Waals surface area contributed by atoms with Crippen LogP contribution >= 0.6 is 23.1 Å². The lowest BCUT2D eigenvalue weighted by Gasteiger charge is -2.42. The molecule has 1 aliphatic carbocycles. The zero-order chi connectivity index (χ0) is 14.9. The smallest absolute Gasteiger partial charge is 0.261 e. The van der Waals surface area contributed by atoms with E-state index in [2.05, 4.69) is 18.3 Å². The lowest BCUT2D eigenvalue weighted by Crippen LogP contribution is -2.59. The molecule has 1 aromatic rings. The van der Waals surface area contributed by atoms with Crippen LogP contribution in [0.1, 0.15) is 52.7 Å². The fourth-order valence-electron chi connectivity index (χ4n) is 3.50. The topological polar surface area (TPSA) is 55.1 Å².